The van der Waals surface area contributed by atoms with E-state index in [1.165, 1.54) is 33.4 Å². The quantitative estimate of drug-likeness (QED) is 0.217. The van der Waals surface area contributed by atoms with Crippen LogP contribution in [0.15, 0.2) is 69.9 Å². The van der Waals surface area contributed by atoms with Crippen LogP contribution in [0.2, 0.25) is 0 Å². The zero-order valence-corrected chi connectivity index (χ0v) is 18.8. The highest BCUT2D eigenvalue weighted by Gasteiger charge is 2.23. The fourth-order valence-corrected chi connectivity index (χ4v) is 5.45. The van der Waals surface area contributed by atoms with Gasteiger partial charge in [-0.2, -0.15) is 0 Å². The van der Waals surface area contributed by atoms with Crippen LogP contribution in [-0.2, 0) is 6.42 Å². The molecule has 2 nitrogen and oxygen atoms in total. The van der Waals surface area contributed by atoms with Gasteiger partial charge in [-0.25, -0.2) is 4.79 Å². The molecule has 0 radical (unpaired) electrons. The Balaban J connectivity index is 1.59. The van der Waals surface area contributed by atoms with Crippen LogP contribution < -0.4 is 5.63 Å². The number of hydrogen-bond acceptors (Lipinski definition) is 2. The van der Waals surface area contributed by atoms with Gasteiger partial charge in [0.25, 0.3) is 0 Å². The molecular weight excluding hydrogens is 392 g/mol. The summed E-state index contributed by atoms with van der Waals surface area (Å²) in [5.41, 5.74) is 12.3. The first-order valence-electron chi connectivity index (χ1n) is 11.1. The number of rotatable bonds is 2. The summed E-state index contributed by atoms with van der Waals surface area (Å²) in [6.07, 6.45) is 0.818. The molecule has 0 saturated carbocycles. The Bertz CT molecular complexity index is 1610. The van der Waals surface area contributed by atoms with Gasteiger partial charge in [0.05, 0.1) is 5.39 Å². The van der Waals surface area contributed by atoms with Crippen molar-refractivity contribution in [3.8, 4) is 22.3 Å². The Labute approximate surface area is 187 Å². The number of hydrogen-bond donors (Lipinski definition) is 0. The van der Waals surface area contributed by atoms with Crippen LogP contribution in [0.5, 0.6) is 0 Å². The molecule has 4 aromatic carbocycles. The van der Waals surface area contributed by atoms with E-state index in [1.807, 2.05) is 12.1 Å². The van der Waals surface area contributed by atoms with Crippen LogP contribution in [0.3, 0.4) is 0 Å². The summed E-state index contributed by atoms with van der Waals surface area (Å²) >= 11 is 0. The largest absolute Gasteiger partial charge is 0.422 e. The molecule has 1 aliphatic carbocycles. The third-order valence-electron chi connectivity index (χ3n) is 6.57. The van der Waals surface area contributed by atoms with E-state index in [2.05, 4.69) is 76.2 Å². The van der Waals surface area contributed by atoms with E-state index in [1.54, 1.807) is 0 Å². The molecule has 0 aliphatic heterocycles. The summed E-state index contributed by atoms with van der Waals surface area (Å²) in [4.78, 5) is 13.1. The van der Waals surface area contributed by atoms with Crippen LogP contribution in [0.4, 0.5) is 0 Å². The van der Waals surface area contributed by atoms with Gasteiger partial charge < -0.3 is 4.42 Å². The second-order valence-electron chi connectivity index (χ2n) is 9.39. The minimum Gasteiger partial charge on any atom is -0.422 e. The second-order valence-corrected chi connectivity index (χ2v) is 9.39. The summed E-state index contributed by atoms with van der Waals surface area (Å²) in [5.74, 6) is 0. The summed E-state index contributed by atoms with van der Waals surface area (Å²) < 4.78 is 5.89. The second kappa shape index (κ2) is 6.67. The molecule has 0 bridgehead atoms. The van der Waals surface area contributed by atoms with Crippen molar-refractivity contribution in [1.29, 1.82) is 0 Å². The van der Waals surface area contributed by atoms with Gasteiger partial charge in [-0.1, -0.05) is 64.7 Å². The van der Waals surface area contributed by atoms with Gasteiger partial charge in [0.2, 0.25) is 0 Å². The highest BCUT2D eigenvalue weighted by Crippen LogP contribution is 2.41. The predicted molar refractivity (Wildman–Crippen MR) is 133 cm³/mol. The van der Waals surface area contributed by atoms with Crippen LogP contribution in [-0.4, -0.2) is 0 Å². The molecule has 0 saturated heterocycles. The van der Waals surface area contributed by atoms with E-state index in [-0.39, 0.29) is 5.63 Å². The Hall–Kier alpha value is -3.65. The van der Waals surface area contributed by atoms with E-state index in [0.717, 1.165) is 39.4 Å². The average molecular weight is 417 g/mol. The average Bonchev–Trinajstić information content (AvgIpc) is 3.10. The number of aryl methyl sites for hydroxylation is 4. The molecule has 0 unspecified atom stereocenters. The first kappa shape index (κ1) is 19.1. The summed E-state index contributed by atoms with van der Waals surface area (Å²) in [6.45, 7) is 8.45. The van der Waals surface area contributed by atoms with Gasteiger partial charge in [-0.15, -0.1) is 0 Å². The minimum absolute atomic E-state index is 0.259. The summed E-state index contributed by atoms with van der Waals surface area (Å²) in [6, 6.07) is 21.7. The molecular formula is C30H24O2. The molecule has 32 heavy (non-hydrogen) atoms. The van der Waals surface area contributed by atoms with E-state index >= 15 is 0 Å². The van der Waals surface area contributed by atoms with Crippen molar-refractivity contribution < 1.29 is 4.42 Å². The van der Waals surface area contributed by atoms with E-state index in [4.69, 9.17) is 4.42 Å². The maximum Gasteiger partial charge on any atom is 0.344 e. The summed E-state index contributed by atoms with van der Waals surface area (Å²) in [7, 11) is 0. The first-order chi connectivity index (χ1) is 15.4. The maximum atomic E-state index is 13.1. The lowest BCUT2D eigenvalue weighted by Crippen LogP contribution is -2.00. The molecule has 0 amide bonds. The molecule has 5 aromatic rings. The van der Waals surface area contributed by atoms with Crippen molar-refractivity contribution in [3.05, 3.63) is 104 Å². The topological polar surface area (TPSA) is 30.2 Å². The van der Waals surface area contributed by atoms with Crippen molar-refractivity contribution in [1.82, 2.24) is 0 Å². The van der Waals surface area contributed by atoms with Gasteiger partial charge >= 0.3 is 5.63 Å². The van der Waals surface area contributed by atoms with Gasteiger partial charge in [-0.05, 0) is 85.7 Å². The highest BCUT2D eigenvalue weighted by atomic mass is 16.4. The van der Waals surface area contributed by atoms with Crippen LogP contribution in [0, 0.1) is 27.7 Å². The maximum absolute atomic E-state index is 13.1. The predicted octanol–water partition coefficient (Wildman–Crippen LogP) is 7.42. The molecule has 6 rings (SSSR count). The molecule has 0 atom stereocenters. The van der Waals surface area contributed by atoms with Crippen LogP contribution in [0.1, 0.15) is 33.4 Å². The molecule has 0 N–H and O–H groups in total. The lowest BCUT2D eigenvalue weighted by Gasteiger charge is -2.09. The fourth-order valence-electron chi connectivity index (χ4n) is 5.45. The van der Waals surface area contributed by atoms with Crippen molar-refractivity contribution in [2.24, 2.45) is 0 Å². The van der Waals surface area contributed by atoms with E-state index in [0.29, 0.717) is 11.0 Å². The molecule has 0 fully saturated rings. The van der Waals surface area contributed by atoms with Gasteiger partial charge in [-0.3, -0.25) is 0 Å². The van der Waals surface area contributed by atoms with Crippen molar-refractivity contribution in [3.63, 3.8) is 0 Å². The van der Waals surface area contributed by atoms with Gasteiger partial charge in [0, 0.05) is 10.8 Å². The zero-order chi connectivity index (χ0) is 22.1. The molecule has 1 aromatic heterocycles. The SMILES string of the molecule is Cc1cc(C)cc(-c2cc3c4c(c2)oc(=O)c2cc(-c5cc(C)cc(C)c5)cc(c24)C3)c1. The molecule has 1 heterocycles. The van der Waals surface area contributed by atoms with Crippen LogP contribution in [0.25, 0.3) is 44.0 Å². The summed E-state index contributed by atoms with van der Waals surface area (Å²) in [5, 5.41) is 2.84. The molecule has 0 spiro atoms. The van der Waals surface area contributed by atoms with E-state index < -0.39 is 0 Å². The number of benzene rings is 4. The Kier molecular flexibility index (Phi) is 3.98. The normalized spacial score (nSPS) is 12.4. The minimum atomic E-state index is -0.259. The molecule has 2 heteroatoms. The zero-order valence-electron chi connectivity index (χ0n) is 18.8. The lowest BCUT2D eigenvalue weighted by atomic mass is 9.96. The molecule has 1 aliphatic rings. The van der Waals surface area contributed by atoms with Crippen molar-refractivity contribution in [2.45, 2.75) is 34.1 Å². The standard InChI is InChI=1S/C30H24O2/c1-16-5-17(2)8-20(7-16)22-11-24-13-25-12-23(21-9-18(3)6-19(4)10-21)15-27-29(25)28(24)26(14-22)30(31)32-27/h5-12,14-15H,13H2,1-4H3. The fraction of sp³-hybridized carbons (Fsp3) is 0.167. The highest BCUT2D eigenvalue weighted by molar-refractivity contribution is 6.12. The van der Waals surface area contributed by atoms with Crippen molar-refractivity contribution in [2.75, 3.05) is 0 Å². The third-order valence-corrected chi connectivity index (χ3v) is 6.57. The Morgan fingerprint density at radius 1 is 0.562 bits per heavy atom. The first-order valence-corrected chi connectivity index (χ1v) is 11.1. The lowest BCUT2D eigenvalue weighted by molar-refractivity contribution is 0.570. The smallest absolute Gasteiger partial charge is 0.344 e. The van der Waals surface area contributed by atoms with Gasteiger partial charge in [0.1, 0.15) is 5.58 Å². The van der Waals surface area contributed by atoms with Crippen LogP contribution >= 0.6 is 0 Å². The monoisotopic (exact) mass is 416 g/mol. The van der Waals surface area contributed by atoms with Crippen molar-refractivity contribution >= 4 is 21.7 Å². The van der Waals surface area contributed by atoms with Gasteiger partial charge in [0.15, 0.2) is 0 Å². The third kappa shape index (κ3) is 2.90. The Morgan fingerprint density at radius 2 is 1.03 bits per heavy atom. The Morgan fingerprint density at radius 3 is 1.59 bits per heavy atom. The van der Waals surface area contributed by atoms with E-state index in [9.17, 15) is 4.79 Å². The molecule has 156 valence electrons.